The number of hydrogen-bond acceptors (Lipinski definition) is 6. The molecule has 0 bridgehead atoms. The van der Waals surface area contributed by atoms with Crippen LogP contribution in [0, 0.1) is 0 Å². The fourth-order valence-corrected chi connectivity index (χ4v) is 3.77. The number of fused-ring (bicyclic) bond motifs is 1. The Hall–Kier alpha value is -2.35. The summed E-state index contributed by atoms with van der Waals surface area (Å²) in [6, 6.07) is 9.82. The van der Waals surface area contributed by atoms with Crippen LogP contribution in [0.3, 0.4) is 0 Å². The van der Waals surface area contributed by atoms with Crippen LogP contribution in [0.5, 0.6) is 5.75 Å². The second-order valence-electron chi connectivity index (χ2n) is 6.48. The number of carbonyl (C=O) groups is 2. The Morgan fingerprint density at radius 2 is 1.86 bits per heavy atom. The number of thiazole rings is 1. The summed E-state index contributed by atoms with van der Waals surface area (Å²) >= 11 is 13.2. The Labute approximate surface area is 181 Å². The van der Waals surface area contributed by atoms with Crippen molar-refractivity contribution >= 4 is 61.8 Å². The number of halogens is 2. The fourth-order valence-electron chi connectivity index (χ4n) is 2.41. The lowest BCUT2D eigenvalue weighted by Crippen LogP contribution is -2.30. The predicted molar refractivity (Wildman–Crippen MR) is 115 cm³/mol. The molecular formula is C20H18Cl2N2O4S. The van der Waals surface area contributed by atoms with E-state index in [1.54, 1.807) is 57.2 Å². The summed E-state index contributed by atoms with van der Waals surface area (Å²) in [5, 5.41) is 3.92. The highest BCUT2D eigenvalue weighted by atomic mass is 35.5. The largest absolute Gasteiger partial charge is 0.479 e. The van der Waals surface area contributed by atoms with E-state index in [1.807, 2.05) is 0 Å². The van der Waals surface area contributed by atoms with Gasteiger partial charge in [0.25, 0.3) is 5.91 Å². The van der Waals surface area contributed by atoms with Gasteiger partial charge in [0.1, 0.15) is 5.75 Å². The lowest BCUT2D eigenvalue weighted by atomic mass is 10.2. The standard InChI is InChI=1S/C20H18Cl2N2O4S/c1-10(2)27-19(26)12-4-6-15-17(8-12)29-20(23-15)24-18(25)11(3)28-16-7-5-13(21)9-14(16)22/h4-11H,1-3H3,(H,23,24,25). The van der Waals surface area contributed by atoms with Crippen LogP contribution in [0.4, 0.5) is 5.13 Å². The zero-order valence-corrected chi connectivity index (χ0v) is 18.2. The molecule has 6 nitrogen and oxygen atoms in total. The Kier molecular flexibility index (Phi) is 6.62. The maximum atomic E-state index is 12.5. The normalized spacial score (nSPS) is 12.1. The van der Waals surface area contributed by atoms with E-state index in [9.17, 15) is 9.59 Å². The van der Waals surface area contributed by atoms with E-state index in [2.05, 4.69) is 10.3 Å². The summed E-state index contributed by atoms with van der Waals surface area (Å²) in [6.07, 6.45) is -1.01. The molecule has 1 heterocycles. The van der Waals surface area contributed by atoms with E-state index in [0.717, 1.165) is 4.70 Å². The minimum atomic E-state index is -0.808. The third kappa shape index (κ3) is 5.38. The van der Waals surface area contributed by atoms with Crippen molar-refractivity contribution in [2.24, 2.45) is 0 Å². The Morgan fingerprint density at radius 3 is 2.55 bits per heavy atom. The quantitative estimate of drug-likeness (QED) is 0.494. The molecule has 1 atom stereocenters. The third-order valence-electron chi connectivity index (χ3n) is 3.76. The number of carbonyl (C=O) groups excluding carboxylic acids is 2. The summed E-state index contributed by atoms with van der Waals surface area (Å²) < 4.78 is 11.6. The van der Waals surface area contributed by atoms with Gasteiger partial charge in [0, 0.05) is 5.02 Å². The third-order valence-corrected chi connectivity index (χ3v) is 5.23. The van der Waals surface area contributed by atoms with Crippen molar-refractivity contribution in [2.75, 3.05) is 5.32 Å². The smallest absolute Gasteiger partial charge is 0.338 e. The van der Waals surface area contributed by atoms with Gasteiger partial charge in [0.05, 0.1) is 26.9 Å². The van der Waals surface area contributed by atoms with Gasteiger partial charge < -0.3 is 9.47 Å². The van der Waals surface area contributed by atoms with Crippen LogP contribution >= 0.6 is 34.5 Å². The number of anilines is 1. The molecule has 2 aromatic carbocycles. The van der Waals surface area contributed by atoms with E-state index in [4.69, 9.17) is 32.7 Å². The first-order chi connectivity index (χ1) is 13.7. The van der Waals surface area contributed by atoms with Crippen molar-refractivity contribution in [1.82, 2.24) is 4.98 Å². The SMILES string of the molecule is CC(C)OC(=O)c1ccc2nc(NC(=O)C(C)Oc3ccc(Cl)cc3Cl)sc2c1. The number of esters is 1. The second kappa shape index (κ2) is 8.98. The first kappa shape index (κ1) is 21.4. The van der Waals surface area contributed by atoms with Crippen molar-refractivity contribution in [3.63, 3.8) is 0 Å². The van der Waals surface area contributed by atoms with Gasteiger partial charge >= 0.3 is 5.97 Å². The summed E-state index contributed by atoms with van der Waals surface area (Å²) in [5.74, 6) is -0.423. The Morgan fingerprint density at radius 1 is 1.10 bits per heavy atom. The van der Waals surface area contributed by atoms with Crippen LogP contribution in [-0.2, 0) is 9.53 Å². The summed E-state index contributed by atoms with van der Waals surface area (Å²) in [5.41, 5.74) is 1.10. The molecule has 0 aliphatic rings. The van der Waals surface area contributed by atoms with Crippen molar-refractivity contribution in [2.45, 2.75) is 33.0 Å². The van der Waals surface area contributed by atoms with E-state index in [0.29, 0.717) is 32.0 Å². The van der Waals surface area contributed by atoms with Crippen LogP contribution in [-0.4, -0.2) is 29.1 Å². The molecule has 3 rings (SSSR count). The maximum absolute atomic E-state index is 12.5. The Balaban J connectivity index is 1.70. The first-order valence-corrected chi connectivity index (χ1v) is 10.3. The minimum absolute atomic E-state index is 0.204. The van der Waals surface area contributed by atoms with Gasteiger partial charge in [0.15, 0.2) is 11.2 Å². The van der Waals surface area contributed by atoms with Gasteiger partial charge in [-0.15, -0.1) is 0 Å². The summed E-state index contributed by atoms with van der Waals surface area (Å²) in [6.45, 7) is 5.18. The van der Waals surface area contributed by atoms with Crippen molar-refractivity contribution in [3.05, 3.63) is 52.0 Å². The van der Waals surface area contributed by atoms with Crippen molar-refractivity contribution < 1.29 is 19.1 Å². The molecule has 0 fully saturated rings. The van der Waals surface area contributed by atoms with Gasteiger partial charge in [-0.05, 0) is 57.2 Å². The molecule has 29 heavy (non-hydrogen) atoms. The molecule has 1 aromatic heterocycles. The van der Waals surface area contributed by atoms with Crippen LogP contribution < -0.4 is 10.1 Å². The number of ether oxygens (including phenoxy) is 2. The summed E-state index contributed by atoms with van der Waals surface area (Å²) in [7, 11) is 0. The zero-order chi connectivity index (χ0) is 21.1. The molecule has 1 amide bonds. The van der Waals surface area contributed by atoms with Gasteiger partial charge in [0.2, 0.25) is 0 Å². The second-order valence-corrected chi connectivity index (χ2v) is 8.35. The minimum Gasteiger partial charge on any atom is -0.479 e. The Bertz CT molecular complexity index is 1070. The van der Waals surface area contributed by atoms with Crippen LogP contribution in [0.2, 0.25) is 10.0 Å². The monoisotopic (exact) mass is 452 g/mol. The molecule has 1 unspecified atom stereocenters. The number of aromatic nitrogens is 1. The average molecular weight is 453 g/mol. The van der Waals surface area contributed by atoms with Gasteiger partial charge in [-0.2, -0.15) is 0 Å². The van der Waals surface area contributed by atoms with E-state index in [1.165, 1.54) is 11.3 Å². The highest BCUT2D eigenvalue weighted by molar-refractivity contribution is 7.22. The lowest BCUT2D eigenvalue weighted by molar-refractivity contribution is -0.122. The molecule has 1 N–H and O–H groups in total. The number of hydrogen-bond donors (Lipinski definition) is 1. The number of amides is 1. The first-order valence-electron chi connectivity index (χ1n) is 8.77. The fraction of sp³-hybridized carbons (Fsp3) is 0.250. The molecule has 0 radical (unpaired) electrons. The molecule has 0 spiro atoms. The van der Waals surface area contributed by atoms with Crippen LogP contribution in [0.15, 0.2) is 36.4 Å². The molecule has 0 aliphatic carbocycles. The van der Waals surface area contributed by atoms with E-state index < -0.39 is 12.1 Å². The number of nitrogens with one attached hydrogen (secondary N) is 1. The molecule has 0 aliphatic heterocycles. The molecule has 152 valence electrons. The van der Waals surface area contributed by atoms with Gasteiger partial charge in [-0.25, -0.2) is 9.78 Å². The van der Waals surface area contributed by atoms with Crippen molar-refractivity contribution in [1.29, 1.82) is 0 Å². The highest BCUT2D eigenvalue weighted by Gasteiger charge is 2.19. The number of rotatable bonds is 6. The van der Waals surface area contributed by atoms with Gasteiger partial charge in [-0.1, -0.05) is 34.5 Å². The van der Waals surface area contributed by atoms with Crippen molar-refractivity contribution in [3.8, 4) is 5.75 Å². The lowest BCUT2D eigenvalue weighted by Gasteiger charge is -2.14. The summed E-state index contributed by atoms with van der Waals surface area (Å²) in [4.78, 5) is 28.9. The highest BCUT2D eigenvalue weighted by Crippen LogP contribution is 2.30. The molecule has 3 aromatic rings. The molecule has 0 saturated carbocycles. The van der Waals surface area contributed by atoms with Gasteiger partial charge in [-0.3, -0.25) is 10.1 Å². The average Bonchev–Trinajstić information content (AvgIpc) is 3.04. The maximum Gasteiger partial charge on any atom is 0.338 e. The van der Waals surface area contributed by atoms with E-state index in [-0.39, 0.29) is 12.0 Å². The van der Waals surface area contributed by atoms with E-state index >= 15 is 0 Å². The molecule has 0 saturated heterocycles. The topological polar surface area (TPSA) is 77.5 Å². The zero-order valence-electron chi connectivity index (χ0n) is 15.9. The molecule has 9 heteroatoms. The number of nitrogens with zero attached hydrogens (tertiary/aromatic N) is 1. The predicted octanol–water partition coefficient (Wildman–Crippen LogP) is 5.57. The van der Waals surface area contributed by atoms with Crippen LogP contribution in [0.1, 0.15) is 31.1 Å². The number of benzene rings is 2. The molecular weight excluding hydrogens is 435 g/mol. The van der Waals surface area contributed by atoms with Crippen LogP contribution in [0.25, 0.3) is 10.2 Å².